The lowest BCUT2D eigenvalue weighted by atomic mass is 9.88. The van der Waals surface area contributed by atoms with Crippen LogP contribution in [0.15, 0.2) is 0 Å². The van der Waals surface area contributed by atoms with E-state index in [4.69, 9.17) is 0 Å². The zero-order chi connectivity index (χ0) is 10.8. The maximum Gasteiger partial charge on any atom is 0.0139 e. The molecule has 1 N–H and O–H groups in total. The zero-order valence-corrected chi connectivity index (χ0v) is 10.5. The van der Waals surface area contributed by atoms with Crippen LogP contribution < -0.4 is 5.32 Å². The molecule has 2 saturated heterocycles. The van der Waals surface area contributed by atoms with Gasteiger partial charge in [0.05, 0.1) is 0 Å². The summed E-state index contributed by atoms with van der Waals surface area (Å²) in [6, 6.07) is 2.33. The lowest BCUT2D eigenvalue weighted by Crippen LogP contribution is -2.48. The molecule has 0 aliphatic carbocycles. The average Bonchev–Trinajstić information content (AvgIpc) is 2.65. The number of nitrogens with one attached hydrogen (secondary N) is 1. The summed E-state index contributed by atoms with van der Waals surface area (Å²) in [7, 11) is 0. The van der Waals surface area contributed by atoms with Crippen molar-refractivity contribution in [2.75, 3.05) is 13.1 Å². The molecule has 15 heavy (non-hydrogen) atoms. The Morgan fingerprint density at radius 2 is 2.07 bits per heavy atom. The summed E-state index contributed by atoms with van der Waals surface area (Å²) in [6.45, 7) is 9.60. The lowest BCUT2D eigenvalue weighted by molar-refractivity contribution is 0.0749. The van der Waals surface area contributed by atoms with Gasteiger partial charge in [0.2, 0.25) is 0 Å². The highest BCUT2D eigenvalue weighted by Crippen LogP contribution is 2.30. The first kappa shape index (κ1) is 11.4. The standard InChI is InChI=1S/C13H26N2/c1-10(2)15-7-5-4-6-13(15)12-8-11(3)14-9-12/h10-14H,4-9H2,1-3H3. The number of nitrogens with zero attached hydrogens (tertiary/aromatic N) is 1. The predicted octanol–water partition coefficient (Wildman–Crippen LogP) is 2.25. The van der Waals surface area contributed by atoms with Gasteiger partial charge in [-0.25, -0.2) is 0 Å². The van der Waals surface area contributed by atoms with Gasteiger partial charge in [-0.15, -0.1) is 0 Å². The van der Waals surface area contributed by atoms with Crippen LogP contribution in [0.4, 0.5) is 0 Å². The number of likely N-dealkylation sites (tertiary alicyclic amines) is 1. The van der Waals surface area contributed by atoms with Gasteiger partial charge in [0.15, 0.2) is 0 Å². The lowest BCUT2D eigenvalue weighted by Gasteiger charge is -2.41. The van der Waals surface area contributed by atoms with Crippen LogP contribution in [0.3, 0.4) is 0 Å². The van der Waals surface area contributed by atoms with Gasteiger partial charge in [0, 0.05) is 18.1 Å². The normalized spacial score (nSPS) is 38.8. The molecule has 0 spiro atoms. The summed E-state index contributed by atoms with van der Waals surface area (Å²) >= 11 is 0. The Balaban J connectivity index is 1.98. The van der Waals surface area contributed by atoms with Gasteiger partial charge in [-0.1, -0.05) is 6.42 Å². The van der Waals surface area contributed by atoms with Gasteiger partial charge in [0.25, 0.3) is 0 Å². The molecule has 2 rings (SSSR count). The van der Waals surface area contributed by atoms with Crippen LogP contribution in [-0.4, -0.2) is 36.1 Å². The second kappa shape index (κ2) is 4.84. The fraction of sp³-hybridized carbons (Fsp3) is 1.00. The molecule has 3 atom stereocenters. The smallest absolute Gasteiger partial charge is 0.0139 e. The van der Waals surface area contributed by atoms with Crippen LogP contribution in [0.5, 0.6) is 0 Å². The van der Waals surface area contributed by atoms with E-state index in [9.17, 15) is 0 Å². The topological polar surface area (TPSA) is 15.3 Å². The van der Waals surface area contributed by atoms with Crippen molar-refractivity contribution < 1.29 is 0 Å². The van der Waals surface area contributed by atoms with Gasteiger partial charge in [-0.2, -0.15) is 0 Å². The molecule has 0 amide bonds. The van der Waals surface area contributed by atoms with E-state index in [0.29, 0.717) is 0 Å². The Bertz CT molecular complexity index is 203. The number of rotatable bonds is 2. The molecule has 0 bridgehead atoms. The van der Waals surface area contributed by atoms with Crippen LogP contribution in [0.25, 0.3) is 0 Å². The first-order valence-electron chi connectivity index (χ1n) is 6.67. The monoisotopic (exact) mass is 210 g/mol. The molecule has 3 unspecified atom stereocenters. The summed E-state index contributed by atoms with van der Waals surface area (Å²) in [6.07, 6.45) is 5.66. The second-order valence-electron chi connectivity index (χ2n) is 5.70. The maximum absolute atomic E-state index is 3.60. The first-order chi connectivity index (χ1) is 7.18. The average molecular weight is 210 g/mol. The van der Waals surface area contributed by atoms with Crippen LogP contribution in [0, 0.1) is 5.92 Å². The van der Waals surface area contributed by atoms with Crippen LogP contribution in [0.1, 0.15) is 46.5 Å². The van der Waals surface area contributed by atoms with E-state index in [1.807, 2.05) is 0 Å². The second-order valence-corrected chi connectivity index (χ2v) is 5.70. The number of hydrogen-bond acceptors (Lipinski definition) is 2. The van der Waals surface area contributed by atoms with E-state index in [2.05, 4.69) is 31.0 Å². The van der Waals surface area contributed by atoms with Crippen LogP contribution in [-0.2, 0) is 0 Å². The Morgan fingerprint density at radius 3 is 2.67 bits per heavy atom. The van der Waals surface area contributed by atoms with Crippen molar-refractivity contribution in [1.29, 1.82) is 0 Å². The molecule has 2 heterocycles. The molecule has 2 aliphatic rings. The highest BCUT2D eigenvalue weighted by molar-refractivity contribution is 4.91. The van der Waals surface area contributed by atoms with Crippen molar-refractivity contribution in [3.63, 3.8) is 0 Å². The Labute approximate surface area is 94.4 Å². The van der Waals surface area contributed by atoms with Gasteiger partial charge < -0.3 is 5.32 Å². The molecule has 0 radical (unpaired) electrons. The minimum Gasteiger partial charge on any atom is -0.314 e. The Morgan fingerprint density at radius 1 is 1.27 bits per heavy atom. The van der Waals surface area contributed by atoms with Crippen LogP contribution >= 0.6 is 0 Å². The van der Waals surface area contributed by atoms with E-state index < -0.39 is 0 Å². The molecule has 2 heteroatoms. The highest BCUT2D eigenvalue weighted by atomic mass is 15.2. The molecular formula is C13H26N2. The third-order valence-electron chi connectivity index (χ3n) is 4.18. The molecule has 0 aromatic carbocycles. The third-order valence-corrected chi connectivity index (χ3v) is 4.18. The largest absolute Gasteiger partial charge is 0.314 e. The fourth-order valence-electron chi connectivity index (χ4n) is 3.39. The molecule has 2 fully saturated rings. The summed E-state index contributed by atoms with van der Waals surface area (Å²) in [5.74, 6) is 0.905. The molecule has 88 valence electrons. The minimum absolute atomic E-state index is 0.728. The Hall–Kier alpha value is -0.0800. The molecule has 0 saturated carbocycles. The van der Waals surface area contributed by atoms with Crippen molar-refractivity contribution in [1.82, 2.24) is 10.2 Å². The zero-order valence-electron chi connectivity index (χ0n) is 10.5. The van der Waals surface area contributed by atoms with Gasteiger partial charge in [0.1, 0.15) is 0 Å². The van der Waals surface area contributed by atoms with Crippen molar-refractivity contribution >= 4 is 0 Å². The van der Waals surface area contributed by atoms with E-state index in [1.165, 1.54) is 38.8 Å². The summed E-state index contributed by atoms with van der Waals surface area (Å²) in [5, 5.41) is 3.60. The predicted molar refractivity (Wildman–Crippen MR) is 65.1 cm³/mol. The SMILES string of the molecule is CC1CC(C2CCCCN2C(C)C)CN1. The summed E-state index contributed by atoms with van der Waals surface area (Å²) < 4.78 is 0. The van der Waals surface area contributed by atoms with Crippen LogP contribution in [0.2, 0.25) is 0 Å². The maximum atomic E-state index is 3.60. The van der Waals surface area contributed by atoms with E-state index in [0.717, 1.165) is 24.0 Å². The first-order valence-corrected chi connectivity index (χ1v) is 6.67. The minimum atomic E-state index is 0.728. The Kier molecular flexibility index (Phi) is 3.68. The molecule has 2 aliphatic heterocycles. The highest BCUT2D eigenvalue weighted by Gasteiger charge is 2.34. The number of piperidine rings is 1. The van der Waals surface area contributed by atoms with Crippen molar-refractivity contribution in [2.45, 2.75) is 64.6 Å². The van der Waals surface area contributed by atoms with Crippen molar-refractivity contribution in [3.05, 3.63) is 0 Å². The summed E-state index contributed by atoms with van der Waals surface area (Å²) in [4.78, 5) is 2.74. The fourth-order valence-corrected chi connectivity index (χ4v) is 3.39. The van der Waals surface area contributed by atoms with E-state index >= 15 is 0 Å². The quantitative estimate of drug-likeness (QED) is 0.752. The van der Waals surface area contributed by atoms with E-state index in [-0.39, 0.29) is 0 Å². The van der Waals surface area contributed by atoms with E-state index in [1.54, 1.807) is 0 Å². The van der Waals surface area contributed by atoms with Crippen molar-refractivity contribution in [3.8, 4) is 0 Å². The third kappa shape index (κ3) is 2.54. The molecule has 0 aromatic heterocycles. The van der Waals surface area contributed by atoms with Gasteiger partial charge in [-0.05, 0) is 59.0 Å². The molecule has 0 aromatic rings. The molecule has 2 nitrogen and oxygen atoms in total. The molecular weight excluding hydrogens is 184 g/mol. The van der Waals surface area contributed by atoms with Crippen molar-refractivity contribution in [2.24, 2.45) is 5.92 Å². The number of hydrogen-bond donors (Lipinski definition) is 1. The summed E-state index contributed by atoms with van der Waals surface area (Å²) in [5.41, 5.74) is 0. The van der Waals surface area contributed by atoms with Gasteiger partial charge in [-0.3, -0.25) is 4.90 Å². The van der Waals surface area contributed by atoms with Gasteiger partial charge >= 0.3 is 0 Å².